The number of hydrogen-bond acceptors (Lipinski definition) is 5. The summed E-state index contributed by atoms with van der Waals surface area (Å²) in [5.41, 5.74) is 2.86. The van der Waals surface area contributed by atoms with Crippen molar-refractivity contribution in [3.63, 3.8) is 0 Å². The second kappa shape index (κ2) is 6.54. The Balaban J connectivity index is 1.79. The van der Waals surface area contributed by atoms with Gasteiger partial charge >= 0.3 is 6.43 Å². The SMILES string of the molecule is COCC(=O)C[C@@H]1CCc2cc(-c3noc(C(F)F)n3)ccc21. The molecule has 1 aromatic heterocycles. The van der Waals surface area contributed by atoms with E-state index in [9.17, 15) is 13.6 Å². The summed E-state index contributed by atoms with van der Waals surface area (Å²) in [6, 6.07) is 5.58. The highest BCUT2D eigenvalue weighted by Crippen LogP contribution is 2.37. The number of halogens is 2. The summed E-state index contributed by atoms with van der Waals surface area (Å²) in [5.74, 6) is -0.261. The van der Waals surface area contributed by atoms with E-state index in [2.05, 4.69) is 14.7 Å². The van der Waals surface area contributed by atoms with E-state index in [0.29, 0.717) is 12.0 Å². The fourth-order valence-corrected chi connectivity index (χ4v) is 2.99. The second-order valence-electron chi connectivity index (χ2n) is 5.58. The van der Waals surface area contributed by atoms with Crippen LogP contribution in [0.4, 0.5) is 8.78 Å². The molecule has 3 rings (SSSR count). The van der Waals surface area contributed by atoms with E-state index >= 15 is 0 Å². The average molecular weight is 322 g/mol. The summed E-state index contributed by atoms with van der Waals surface area (Å²) in [4.78, 5) is 15.4. The fraction of sp³-hybridized carbons (Fsp3) is 0.438. The van der Waals surface area contributed by atoms with Gasteiger partial charge < -0.3 is 9.26 Å². The molecule has 1 heterocycles. The second-order valence-corrected chi connectivity index (χ2v) is 5.58. The summed E-state index contributed by atoms with van der Waals surface area (Å²) in [7, 11) is 1.51. The molecule has 0 N–H and O–H groups in total. The molecule has 7 heteroatoms. The third-order valence-corrected chi connectivity index (χ3v) is 4.01. The number of aryl methyl sites for hydroxylation is 1. The Kier molecular flexibility index (Phi) is 4.47. The van der Waals surface area contributed by atoms with E-state index in [1.54, 1.807) is 6.07 Å². The van der Waals surface area contributed by atoms with Crippen LogP contribution >= 0.6 is 0 Å². The van der Waals surface area contributed by atoms with E-state index in [-0.39, 0.29) is 24.1 Å². The Bertz CT molecular complexity index is 715. The first kappa shape index (κ1) is 15.7. The average Bonchev–Trinajstić information content (AvgIpc) is 3.14. The van der Waals surface area contributed by atoms with Crippen molar-refractivity contribution >= 4 is 5.78 Å². The first-order valence-electron chi connectivity index (χ1n) is 7.34. The Morgan fingerprint density at radius 2 is 2.30 bits per heavy atom. The first-order valence-corrected chi connectivity index (χ1v) is 7.34. The molecule has 122 valence electrons. The predicted molar refractivity (Wildman–Crippen MR) is 77.3 cm³/mol. The van der Waals surface area contributed by atoms with E-state index in [1.807, 2.05) is 12.1 Å². The van der Waals surface area contributed by atoms with Gasteiger partial charge in [0.05, 0.1) is 0 Å². The number of aromatic nitrogens is 2. The van der Waals surface area contributed by atoms with Crippen molar-refractivity contribution in [1.82, 2.24) is 10.1 Å². The van der Waals surface area contributed by atoms with Gasteiger partial charge in [0, 0.05) is 19.1 Å². The van der Waals surface area contributed by atoms with Gasteiger partial charge in [-0.2, -0.15) is 13.8 Å². The highest BCUT2D eigenvalue weighted by Gasteiger charge is 2.26. The molecular weight excluding hydrogens is 306 g/mol. The third-order valence-electron chi connectivity index (χ3n) is 4.01. The van der Waals surface area contributed by atoms with Crippen LogP contribution in [0.3, 0.4) is 0 Å². The Morgan fingerprint density at radius 1 is 1.48 bits per heavy atom. The molecule has 0 saturated heterocycles. The number of carbonyl (C=O) groups is 1. The number of hydrogen-bond donors (Lipinski definition) is 0. The molecule has 2 aromatic rings. The molecule has 0 radical (unpaired) electrons. The number of fused-ring (bicyclic) bond motifs is 1. The van der Waals surface area contributed by atoms with E-state index in [4.69, 9.17) is 4.74 Å². The molecule has 0 aliphatic heterocycles. The van der Waals surface area contributed by atoms with Gasteiger partial charge in [0.1, 0.15) is 6.61 Å². The van der Waals surface area contributed by atoms with Crippen LogP contribution in [-0.4, -0.2) is 29.6 Å². The normalized spacial score (nSPS) is 16.8. The van der Waals surface area contributed by atoms with Crippen molar-refractivity contribution < 1.29 is 22.8 Å². The van der Waals surface area contributed by atoms with Crippen LogP contribution in [-0.2, 0) is 16.0 Å². The van der Waals surface area contributed by atoms with Crippen LogP contribution in [0.15, 0.2) is 22.7 Å². The van der Waals surface area contributed by atoms with Gasteiger partial charge in [-0.05, 0) is 36.0 Å². The van der Waals surface area contributed by atoms with Gasteiger partial charge in [-0.1, -0.05) is 17.3 Å². The predicted octanol–water partition coefficient (Wildman–Crippen LogP) is 3.31. The van der Waals surface area contributed by atoms with Crippen molar-refractivity contribution in [2.45, 2.75) is 31.6 Å². The van der Waals surface area contributed by atoms with E-state index < -0.39 is 12.3 Å². The monoisotopic (exact) mass is 322 g/mol. The van der Waals surface area contributed by atoms with Crippen LogP contribution in [0.25, 0.3) is 11.4 Å². The smallest absolute Gasteiger partial charge is 0.315 e. The topological polar surface area (TPSA) is 65.2 Å². The number of ether oxygens (including phenoxy) is 1. The molecule has 1 atom stereocenters. The van der Waals surface area contributed by atoms with Crippen LogP contribution < -0.4 is 0 Å². The standard InChI is InChI=1S/C16H16F2N2O3/c1-22-8-12(21)7-10-3-2-9-6-11(4-5-13(9)10)15-19-16(14(17)18)23-20-15/h4-6,10,14H,2-3,7-8H2,1H3/t10-/m0/s1. The van der Waals surface area contributed by atoms with Crippen molar-refractivity contribution in [2.75, 3.05) is 13.7 Å². The minimum absolute atomic E-state index is 0.0779. The molecule has 1 aromatic carbocycles. The van der Waals surface area contributed by atoms with Gasteiger partial charge in [-0.3, -0.25) is 4.79 Å². The lowest BCUT2D eigenvalue weighted by Gasteiger charge is -2.10. The number of ketones is 1. The van der Waals surface area contributed by atoms with E-state index in [1.165, 1.54) is 7.11 Å². The van der Waals surface area contributed by atoms with Crippen molar-refractivity contribution in [3.05, 3.63) is 35.2 Å². The first-order chi connectivity index (χ1) is 11.1. The Hall–Kier alpha value is -2.15. The quantitative estimate of drug-likeness (QED) is 0.816. The molecule has 0 bridgehead atoms. The van der Waals surface area contributed by atoms with Gasteiger partial charge in [0.25, 0.3) is 5.89 Å². The number of benzene rings is 1. The van der Waals surface area contributed by atoms with Gasteiger partial charge in [-0.15, -0.1) is 0 Å². The molecule has 0 saturated carbocycles. The minimum atomic E-state index is -2.78. The molecule has 23 heavy (non-hydrogen) atoms. The number of nitrogens with zero attached hydrogens (tertiary/aromatic N) is 2. The number of rotatable bonds is 6. The van der Waals surface area contributed by atoms with Crippen LogP contribution in [0.1, 0.15) is 42.2 Å². The van der Waals surface area contributed by atoms with Crippen molar-refractivity contribution in [1.29, 1.82) is 0 Å². The maximum Gasteiger partial charge on any atom is 0.315 e. The zero-order valence-electron chi connectivity index (χ0n) is 12.6. The van der Waals surface area contributed by atoms with Crippen molar-refractivity contribution in [3.8, 4) is 11.4 Å². The maximum atomic E-state index is 12.5. The Labute approximate surface area is 131 Å². The zero-order chi connectivity index (χ0) is 16.4. The lowest BCUT2D eigenvalue weighted by molar-refractivity contribution is -0.123. The summed E-state index contributed by atoms with van der Waals surface area (Å²) in [6.45, 7) is 0.128. The van der Waals surface area contributed by atoms with Gasteiger partial charge in [0.15, 0.2) is 5.78 Å². The van der Waals surface area contributed by atoms with Crippen LogP contribution in [0.5, 0.6) is 0 Å². The lowest BCUT2D eigenvalue weighted by Crippen LogP contribution is -2.10. The highest BCUT2D eigenvalue weighted by molar-refractivity contribution is 5.80. The summed E-state index contributed by atoms with van der Waals surface area (Å²) in [5, 5.41) is 3.59. The summed E-state index contributed by atoms with van der Waals surface area (Å²) >= 11 is 0. The van der Waals surface area contributed by atoms with Gasteiger partial charge in [0.2, 0.25) is 5.82 Å². The highest BCUT2D eigenvalue weighted by atomic mass is 19.3. The number of Topliss-reactive ketones (excluding diaryl/α,β-unsaturated/α-hetero) is 1. The van der Waals surface area contributed by atoms with Crippen molar-refractivity contribution in [2.24, 2.45) is 0 Å². The zero-order valence-corrected chi connectivity index (χ0v) is 12.6. The number of carbonyl (C=O) groups excluding carboxylic acids is 1. The minimum Gasteiger partial charge on any atom is -0.377 e. The Morgan fingerprint density at radius 3 is 3.00 bits per heavy atom. The molecule has 1 aliphatic carbocycles. The summed E-state index contributed by atoms with van der Waals surface area (Å²) < 4.78 is 34.4. The molecule has 5 nitrogen and oxygen atoms in total. The van der Waals surface area contributed by atoms with Crippen LogP contribution in [0.2, 0.25) is 0 Å². The number of alkyl halides is 2. The molecule has 0 fully saturated rings. The molecule has 0 amide bonds. The van der Waals surface area contributed by atoms with Crippen LogP contribution in [0, 0.1) is 0 Å². The molecule has 0 spiro atoms. The largest absolute Gasteiger partial charge is 0.377 e. The van der Waals surface area contributed by atoms with E-state index in [0.717, 1.165) is 24.0 Å². The fourth-order valence-electron chi connectivity index (χ4n) is 2.99. The van der Waals surface area contributed by atoms with Gasteiger partial charge in [-0.25, -0.2) is 0 Å². The third kappa shape index (κ3) is 3.29. The number of methoxy groups -OCH3 is 1. The molecular formula is C16H16F2N2O3. The summed E-state index contributed by atoms with van der Waals surface area (Å²) in [6.07, 6.45) is -0.587. The molecule has 0 unspecified atom stereocenters. The maximum absolute atomic E-state index is 12.5. The lowest BCUT2D eigenvalue weighted by atomic mass is 9.95. The molecule has 1 aliphatic rings.